The Labute approximate surface area is 96.8 Å². The summed E-state index contributed by atoms with van der Waals surface area (Å²) in [5.41, 5.74) is 0.887. The van der Waals surface area contributed by atoms with Crippen molar-refractivity contribution in [1.82, 2.24) is 14.5 Å². The van der Waals surface area contributed by atoms with Crippen LogP contribution in [-0.4, -0.2) is 21.6 Å². The molecule has 0 fully saturated rings. The highest BCUT2D eigenvalue weighted by atomic mass is 32.1. The summed E-state index contributed by atoms with van der Waals surface area (Å²) in [6.45, 7) is 2.32. The van der Waals surface area contributed by atoms with E-state index < -0.39 is 0 Å². The molecule has 0 atom stereocenters. The Morgan fingerprint density at radius 2 is 2.31 bits per heavy atom. The van der Waals surface area contributed by atoms with Crippen LogP contribution in [-0.2, 0) is 6.54 Å². The molecule has 0 saturated heterocycles. The SMILES string of the molecule is CNc1cc(C)nc(Cn2ccsc2=O)n1. The second-order valence-corrected chi connectivity index (χ2v) is 4.21. The molecule has 2 aromatic heterocycles. The van der Waals surface area contributed by atoms with Crippen LogP contribution >= 0.6 is 11.3 Å². The second kappa shape index (κ2) is 4.44. The maximum Gasteiger partial charge on any atom is 0.307 e. The zero-order chi connectivity index (χ0) is 11.5. The highest BCUT2D eigenvalue weighted by molar-refractivity contribution is 7.07. The number of nitrogens with zero attached hydrogens (tertiary/aromatic N) is 3. The van der Waals surface area contributed by atoms with E-state index in [-0.39, 0.29) is 4.87 Å². The highest BCUT2D eigenvalue weighted by Gasteiger charge is 2.04. The number of rotatable bonds is 3. The lowest BCUT2D eigenvalue weighted by Crippen LogP contribution is -2.15. The molecule has 0 saturated carbocycles. The summed E-state index contributed by atoms with van der Waals surface area (Å²) in [4.78, 5) is 20.0. The fourth-order valence-electron chi connectivity index (χ4n) is 1.39. The molecule has 1 N–H and O–H groups in total. The lowest BCUT2D eigenvalue weighted by Gasteiger charge is -2.05. The van der Waals surface area contributed by atoms with Gasteiger partial charge in [0, 0.05) is 30.4 Å². The molecular weight excluding hydrogens is 224 g/mol. The van der Waals surface area contributed by atoms with Gasteiger partial charge >= 0.3 is 4.87 Å². The maximum absolute atomic E-state index is 11.4. The van der Waals surface area contributed by atoms with Crippen LogP contribution < -0.4 is 10.2 Å². The van der Waals surface area contributed by atoms with Crippen molar-refractivity contribution in [3.05, 3.63) is 38.8 Å². The summed E-state index contributed by atoms with van der Waals surface area (Å²) < 4.78 is 1.60. The van der Waals surface area contributed by atoms with E-state index in [1.54, 1.807) is 16.1 Å². The first-order chi connectivity index (χ1) is 7.69. The van der Waals surface area contributed by atoms with Crippen molar-refractivity contribution in [3.63, 3.8) is 0 Å². The molecule has 0 spiro atoms. The summed E-state index contributed by atoms with van der Waals surface area (Å²) in [6.07, 6.45) is 1.75. The average Bonchev–Trinajstić information content (AvgIpc) is 2.63. The fourth-order valence-corrected chi connectivity index (χ4v) is 1.97. The minimum absolute atomic E-state index is 0.0103. The van der Waals surface area contributed by atoms with Gasteiger partial charge in [-0.1, -0.05) is 11.3 Å². The third-order valence-corrected chi connectivity index (χ3v) is 2.81. The third-order valence-electron chi connectivity index (χ3n) is 2.11. The molecule has 0 unspecified atom stereocenters. The average molecular weight is 236 g/mol. The van der Waals surface area contributed by atoms with Gasteiger partial charge in [0.05, 0.1) is 6.54 Å². The van der Waals surface area contributed by atoms with Crippen LogP contribution in [0.25, 0.3) is 0 Å². The van der Waals surface area contributed by atoms with Gasteiger partial charge in [0.25, 0.3) is 0 Å². The fraction of sp³-hybridized carbons (Fsp3) is 0.300. The van der Waals surface area contributed by atoms with Gasteiger partial charge in [0.2, 0.25) is 0 Å². The van der Waals surface area contributed by atoms with Gasteiger partial charge in [-0.3, -0.25) is 9.36 Å². The number of nitrogens with one attached hydrogen (secondary N) is 1. The molecule has 5 nitrogen and oxygen atoms in total. The number of thiazole rings is 1. The molecule has 0 aliphatic heterocycles. The molecule has 0 bridgehead atoms. The van der Waals surface area contributed by atoms with Crippen LogP contribution in [0.5, 0.6) is 0 Å². The molecule has 0 amide bonds. The summed E-state index contributed by atoms with van der Waals surface area (Å²) in [6, 6.07) is 1.86. The van der Waals surface area contributed by atoms with Crippen molar-refractivity contribution in [2.75, 3.05) is 12.4 Å². The molecule has 0 aliphatic rings. The topological polar surface area (TPSA) is 59.8 Å². The summed E-state index contributed by atoms with van der Waals surface area (Å²) in [7, 11) is 1.81. The molecule has 2 aromatic rings. The van der Waals surface area contributed by atoms with Crippen molar-refractivity contribution in [2.45, 2.75) is 13.5 Å². The van der Waals surface area contributed by atoms with Crippen LogP contribution in [0.4, 0.5) is 5.82 Å². The molecule has 2 heterocycles. The van der Waals surface area contributed by atoms with Crippen molar-refractivity contribution in [3.8, 4) is 0 Å². The van der Waals surface area contributed by atoms with Crippen molar-refractivity contribution in [2.24, 2.45) is 0 Å². The Morgan fingerprint density at radius 1 is 1.50 bits per heavy atom. The van der Waals surface area contributed by atoms with Crippen LogP contribution in [0.3, 0.4) is 0 Å². The molecule has 6 heteroatoms. The van der Waals surface area contributed by atoms with Crippen molar-refractivity contribution in [1.29, 1.82) is 0 Å². The smallest absolute Gasteiger partial charge is 0.307 e. The third kappa shape index (κ3) is 2.27. The summed E-state index contributed by atoms with van der Waals surface area (Å²) in [5, 5.41) is 4.73. The van der Waals surface area contributed by atoms with E-state index in [0.29, 0.717) is 12.4 Å². The summed E-state index contributed by atoms with van der Waals surface area (Å²) >= 11 is 1.17. The molecule has 84 valence electrons. The Kier molecular flexibility index (Phi) is 3.00. The molecule has 2 rings (SSSR count). The first-order valence-electron chi connectivity index (χ1n) is 4.85. The normalized spacial score (nSPS) is 10.4. The quantitative estimate of drug-likeness (QED) is 0.867. The number of hydrogen-bond acceptors (Lipinski definition) is 5. The van der Waals surface area contributed by atoms with E-state index in [9.17, 15) is 4.79 Å². The monoisotopic (exact) mass is 236 g/mol. The van der Waals surface area contributed by atoms with Crippen LogP contribution in [0, 0.1) is 6.92 Å². The first-order valence-corrected chi connectivity index (χ1v) is 5.73. The van der Waals surface area contributed by atoms with Gasteiger partial charge in [0.1, 0.15) is 5.82 Å². The van der Waals surface area contributed by atoms with Gasteiger partial charge in [-0.15, -0.1) is 0 Å². The Balaban J connectivity index is 2.31. The molecule has 16 heavy (non-hydrogen) atoms. The lowest BCUT2D eigenvalue weighted by molar-refractivity contribution is 0.729. The van der Waals surface area contributed by atoms with Crippen LogP contribution in [0.2, 0.25) is 0 Å². The molecular formula is C10H12N4OS. The number of anilines is 1. The van der Waals surface area contributed by atoms with E-state index >= 15 is 0 Å². The van der Waals surface area contributed by atoms with E-state index in [1.165, 1.54) is 11.3 Å². The number of aromatic nitrogens is 3. The Morgan fingerprint density at radius 3 is 2.94 bits per heavy atom. The van der Waals surface area contributed by atoms with Crippen LogP contribution in [0.1, 0.15) is 11.5 Å². The van der Waals surface area contributed by atoms with E-state index in [2.05, 4.69) is 15.3 Å². The predicted molar refractivity (Wildman–Crippen MR) is 64.0 cm³/mol. The van der Waals surface area contributed by atoms with Crippen LogP contribution in [0.15, 0.2) is 22.4 Å². The minimum Gasteiger partial charge on any atom is -0.373 e. The van der Waals surface area contributed by atoms with Gasteiger partial charge in [0.15, 0.2) is 5.82 Å². The van der Waals surface area contributed by atoms with Gasteiger partial charge in [-0.25, -0.2) is 9.97 Å². The van der Waals surface area contributed by atoms with E-state index in [4.69, 9.17) is 0 Å². The Bertz CT molecular complexity index is 546. The lowest BCUT2D eigenvalue weighted by atomic mass is 10.4. The number of hydrogen-bond donors (Lipinski definition) is 1. The second-order valence-electron chi connectivity index (χ2n) is 3.36. The van der Waals surface area contributed by atoms with Crippen molar-refractivity contribution < 1.29 is 0 Å². The molecule has 0 radical (unpaired) electrons. The number of aryl methyl sites for hydroxylation is 1. The Hall–Kier alpha value is -1.69. The first kappa shape index (κ1) is 10.8. The standard InChI is InChI=1S/C10H12N4OS/c1-7-5-8(11-2)13-9(12-7)6-14-3-4-16-10(14)15/h3-5H,6H2,1-2H3,(H,11,12,13). The summed E-state index contributed by atoms with van der Waals surface area (Å²) in [5.74, 6) is 1.41. The molecule has 0 aliphatic carbocycles. The minimum atomic E-state index is 0.0103. The van der Waals surface area contributed by atoms with Gasteiger partial charge in [-0.2, -0.15) is 0 Å². The maximum atomic E-state index is 11.4. The zero-order valence-corrected chi connectivity index (χ0v) is 9.91. The van der Waals surface area contributed by atoms with Gasteiger partial charge in [-0.05, 0) is 6.92 Å². The predicted octanol–water partition coefficient (Wildman–Crippen LogP) is 1.10. The van der Waals surface area contributed by atoms with E-state index in [0.717, 1.165) is 11.5 Å². The van der Waals surface area contributed by atoms with Crippen molar-refractivity contribution >= 4 is 17.2 Å². The van der Waals surface area contributed by atoms with E-state index in [1.807, 2.05) is 20.0 Å². The largest absolute Gasteiger partial charge is 0.373 e. The highest BCUT2D eigenvalue weighted by Crippen LogP contribution is 2.06. The zero-order valence-electron chi connectivity index (χ0n) is 9.10. The molecule has 0 aromatic carbocycles. The van der Waals surface area contributed by atoms with Gasteiger partial charge < -0.3 is 5.32 Å².